The van der Waals surface area contributed by atoms with E-state index in [0.717, 1.165) is 18.2 Å². The molecule has 0 aliphatic carbocycles. The minimum absolute atomic E-state index is 0.0394. The summed E-state index contributed by atoms with van der Waals surface area (Å²) in [5.41, 5.74) is -0.438. The molecule has 4 nitrogen and oxygen atoms in total. The molecule has 104 valence electrons. The van der Waals surface area contributed by atoms with Gasteiger partial charge < -0.3 is 10.6 Å². The molecule has 0 atom stereocenters. The average molecular weight is 270 g/mol. The molecule has 0 aliphatic heterocycles. The molecule has 0 fully saturated rings. The van der Waals surface area contributed by atoms with Gasteiger partial charge in [0.15, 0.2) is 11.6 Å². The van der Waals surface area contributed by atoms with Crippen LogP contribution in [0.1, 0.15) is 31.1 Å². The van der Waals surface area contributed by atoms with E-state index in [1.807, 2.05) is 20.8 Å². The van der Waals surface area contributed by atoms with E-state index in [4.69, 9.17) is 0 Å². The summed E-state index contributed by atoms with van der Waals surface area (Å²) in [6, 6.07) is 2.79. The number of carbonyl (C=O) groups excluding carboxylic acids is 2. The molecule has 6 heteroatoms. The van der Waals surface area contributed by atoms with Crippen molar-refractivity contribution in [3.63, 3.8) is 0 Å². The third-order valence-corrected chi connectivity index (χ3v) is 2.11. The van der Waals surface area contributed by atoms with Crippen LogP contribution in [0.5, 0.6) is 0 Å². The first-order chi connectivity index (χ1) is 8.69. The van der Waals surface area contributed by atoms with Crippen LogP contribution in [0.4, 0.5) is 8.78 Å². The van der Waals surface area contributed by atoms with Gasteiger partial charge in [-0.1, -0.05) is 0 Å². The zero-order valence-corrected chi connectivity index (χ0v) is 11.0. The number of amides is 2. The maximum absolute atomic E-state index is 12.9. The lowest BCUT2D eigenvalue weighted by Gasteiger charge is -2.20. The van der Waals surface area contributed by atoms with E-state index >= 15 is 0 Å². The number of carbonyl (C=O) groups is 2. The predicted octanol–water partition coefficient (Wildman–Crippen LogP) is 1.61. The van der Waals surface area contributed by atoms with Crippen molar-refractivity contribution >= 4 is 11.8 Å². The second kappa shape index (κ2) is 5.77. The predicted molar refractivity (Wildman–Crippen MR) is 66.6 cm³/mol. The van der Waals surface area contributed by atoms with Crippen LogP contribution in [0.15, 0.2) is 18.2 Å². The number of benzene rings is 1. The van der Waals surface area contributed by atoms with Crippen molar-refractivity contribution in [2.75, 3.05) is 6.54 Å². The molecule has 1 rings (SSSR count). The lowest BCUT2D eigenvalue weighted by molar-refractivity contribution is -0.121. The molecule has 0 heterocycles. The van der Waals surface area contributed by atoms with Crippen LogP contribution in [0.3, 0.4) is 0 Å². The van der Waals surface area contributed by atoms with Crippen molar-refractivity contribution in [1.29, 1.82) is 0 Å². The van der Waals surface area contributed by atoms with Gasteiger partial charge in [-0.25, -0.2) is 8.78 Å². The van der Waals surface area contributed by atoms with Crippen LogP contribution in [0, 0.1) is 11.6 Å². The number of rotatable bonds is 3. The van der Waals surface area contributed by atoms with E-state index in [-0.39, 0.29) is 18.0 Å². The maximum atomic E-state index is 12.9. The Labute approximate surface area is 110 Å². The Morgan fingerprint density at radius 2 is 1.79 bits per heavy atom. The van der Waals surface area contributed by atoms with Crippen molar-refractivity contribution in [1.82, 2.24) is 10.6 Å². The molecular weight excluding hydrogens is 254 g/mol. The molecule has 0 unspecified atom stereocenters. The number of hydrogen-bond acceptors (Lipinski definition) is 2. The SMILES string of the molecule is CC(C)(C)NC(=O)CNC(=O)c1ccc(F)c(F)c1. The quantitative estimate of drug-likeness (QED) is 0.876. The first-order valence-corrected chi connectivity index (χ1v) is 5.73. The third-order valence-electron chi connectivity index (χ3n) is 2.11. The summed E-state index contributed by atoms with van der Waals surface area (Å²) < 4.78 is 25.6. The van der Waals surface area contributed by atoms with Crippen molar-refractivity contribution < 1.29 is 18.4 Å². The molecule has 0 saturated carbocycles. The Morgan fingerprint density at radius 3 is 2.32 bits per heavy atom. The van der Waals surface area contributed by atoms with Crippen LogP contribution in [0.25, 0.3) is 0 Å². The molecule has 0 spiro atoms. The highest BCUT2D eigenvalue weighted by Crippen LogP contribution is 2.08. The summed E-state index contributed by atoms with van der Waals surface area (Å²) in [5.74, 6) is -3.12. The van der Waals surface area contributed by atoms with Crippen LogP contribution < -0.4 is 10.6 Å². The van der Waals surface area contributed by atoms with Crippen molar-refractivity contribution in [3.8, 4) is 0 Å². The molecule has 1 aromatic rings. The second-order valence-electron chi connectivity index (χ2n) is 5.11. The molecule has 2 amide bonds. The highest BCUT2D eigenvalue weighted by Gasteiger charge is 2.15. The van der Waals surface area contributed by atoms with Crippen LogP contribution in [-0.4, -0.2) is 23.9 Å². The zero-order chi connectivity index (χ0) is 14.6. The van der Waals surface area contributed by atoms with Gasteiger partial charge in [-0.05, 0) is 39.0 Å². The maximum Gasteiger partial charge on any atom is 0.251 e. The second-order valence-corrected chi connectivity index (χ2v) is 5.11. The molecule has 0 radical (unpaired) electrons. The average Bonchev–Trinajstić information content (AvgIpc) is 2.27. The Morgan fingerprint density at radius 1 is 1.16 bits per heavy atom. The standard InChI is InChI=1S/C13H16F2N2O2/c1-13(2,3)17-11(18)7-16-12(19)8-4-5-9(14)10(15)6-8/h4-6H,7H2,1-3H3,(H,16,19)(H,17,18). The lowest BCUT2D eigenvalue weighted by atomic mass is 10.1. The topological polar surface area (TPSA) is 58.2 Å². The lowest BCUT2D eigenvalue weighted by Crippen LogP contribution is -2.45. The molecule has 1 aromatic carbocycles. The van der Waals surface area contributed by atoms with Gasteiger partial charge in [0.05, 0.1) is 6.54 Å². The Bertz CT molecular complexity index is 496. The summed E-state index contributed by atoms with van der Waals surface area (Å²) in [4.78, 5) is 23.1. The highest BCUT2D eigenvalue weighted by atomic mass is 19.2. The first kappa shape index (κ1) is 15.1. The normalized spacial score (nSPS) is 11.0. The van der Waals surface area contributed by atoms with Gasteiger partial charge in [0.1, 0.15) is 0 Å². The van der Waals surface area contributed by atoms with E-state index in [1.54, 1.807) is 0 Å². The van der Waals surface area contributed by atoms with E-state index in [2.05, 4.69) is 10.6 Å². The fourth-order valence-electron chi connectivity index (χ4n) is 1.36. The van der Waals surface area contributed by atoms with Gasteiger partial charge in [-0.15, -0.1) is 0 Å². The minimum Gasteiger partial charge on any atom is -0.350 e. The van der Waals surface area contributed by atoms with Crippen LogP contribution >= 0.6 is 0 Å². The minimum atomic E-state index is -1.10. The molecule has 0 aromatic heterocycles. The van der Waals surface area contributed by atoms with E-state index in [9.17, 15) is 18.4 Å². The van der Waals surface area contributed by atoms with Crippen molar-refractivity contribution in [3.05, 3.63) is 35.4 Å². The van der Waals surface area contributed by atoms with Gasteiger partial charge in [0.25, 0.3) is 5.91 Å². The molecule has 0 aliphatic rings. The molecular formula is C13H16F2N2O2. The van der Waals surface area contributed by atoms with E-state index in [1.165, 1.54) is 0 Å². The number of hydrogen-bond donors (Lipinski definition) is 2. The third kappa shape index (κ3) is 5.03. The fraction of sp³-hybridized carbons (Fsp3) is 0.385. The molecule has 2 N–H and O–H groups in total. The van der Waals surface area contributed by atoms with Crippen molar-refractivity contribution in [2.45, 2.75) is 26.3 Å². The van der Waals surface area contributed by atoms with Gasteiger partial charge in [0.2, 0.25) is 5.91 Å². The van der Waals surface area contributed by atoms with Crippen molar-refractivity contribution in [2.24, 2.45) is 0 Å². The smallest absolute Gasteiger partial charge is 0.251 e. The Kier molecular flexibility index (Phi) is 4.58. The summed E-state index contributed by atoms with van der Waals surface area (Å²) in [7, 11) is 0. The Balaban J connectivity index is 2.56. The summed E-state index contributed by atoms with van der Waals surface area (Å²) >= 11 is 0. The first-order valence-electron chi connectivity index (χ1n) is 5.73. The van der Waals surface area contributed by atoms with Gasteiger partial charge in [-0.2, -0.15) is 0 Å². The highest BCUT2D eigenvalue weighted by molar-refractivity contribution is 5.96. The summed E-state index contributed by atoms with van der Waals surface area (Å²) in [6.45, 7) is 5.20. The van der Waals surface area contributed by atoms with Gasteiger partial charge >= 0.3 is 0 Å². The monoisotopic (exact) mass is 270 g/mol. The largest absolute Gasteiger partial charge is 0.350 e. The number of nitrogens with one attached hydrogen (secondary N) is 2. The fourth-order valence-corrected chi connectivity index (χ4v) is 1.36. The van der Waals surface area contributed by atoms with Crippen LogP contribution in [0.2, 0.25) is 0 Å². The Hall–Kier alpha value is -1.98. The zero-order valence-electron chi connectivity index (χ0n) is 11.0. The number of halogens is 2. The van der Waals surface area contributed by atoms with Gasteiger partial charge in [0, 0.05) is 11.1 Å². The summed E-state index contributed by atoms with van der Waals surface area (Å²) in [6.07, 6.45) is 0. The van der Waals surface area contributed by atoms with E-state index in [0.29, 0.717) is 0 Å². The molecule has 0 bridgehead atoms. The van der Waals surface area contributed by atoms with Crippen LogP contribution in [-0.2, 0) is 4.79 Å². The van der Waals surface area contributed by atoms with Gasteiger partial charge in [-0.3, -0.25) is 9.59 Å². The summed E-state index contributed by atoms with van der Waals surface area (Å²) in [5, 5.41) is 4.99. The molecule has 0 saturated heterocycles. The van der Waals surface area contributed by atoms with E-state index < -0.39 is 23.1 Å². The molecule has 19 heavy (non-hydrogen) atoms.